The van der Waals surface area contributed by atoms with Crippen molar-refractivity contribution in [1.29, 1.82) is 0 Å². The van der Waals surface area contributed by atoms with Gasteiger partial charge in [-0.05, 0) is 98.8 Å². The highest BCUT2D eigenvalue weighted by Gasteiger charge is 2.49. The van der Waals surface area contributed by atoms with Crippen LogP contribution in [0.1, 0.15) is 62.5 Å². The minimum absolute atomic E-state index is 0.155. The van der Waals surface area contributed by atoms with Gasteiger partial charge < -0.3 is 15.0 Å². The Balaban J connectivity index is 1.17. The molecule has 1 atom stereocenters. The quantitative estimate of drug-likeness (QED) is 0.495. The number of piperidine rings is 1. The van der Waals surface area contributed by atoms with Gasteiger partial charge >= 0.3 is 0 Å². The van der Waals surface area contributed by atoms with Crippen molar-refractivity contribution in [3.63, 3.8) is 0 Å². The molecule has 0 amide bonds. The van der Waals surface area contributed by atoms with Crippen molar-refractivity contribution >= 4 is 9.84 Å². The van der Waals surface area contributed by atoms with Crippen molar-refractivity contribution in [2.75, 3.05) is 39.0 Å². The van der Waals surface area contributed by atoms with E-state index in [9.17, 15) is 8.42 Å². The van der Waals surface area contributed by atoms with Crippen LogP contribution >= 0.6 is 0 Å². The zero-order valence-electron chi connectivity index (χ0n) is 21.8. The van der Waals surface area contributed by atoms with Crippen LogP contribution in [0.5, 0.6) is 5.75 Å². The molecular weight excluding hydrogens is 468 g/mol. The van der Waals surface area contributed by atoms with Crippen molar-refractivity contribution < 1.29 is 13.2 Å². The summed E-state index contributed by atoms with van der Waals surface area (Å²) in [7, 11) is -3.17. The number of nitrogens with one attached hydrogen (secondary N) is 1. The maximum absolute atomic E-state index is 11.6. The molecule has 2 aromatic carbocycles. The fraction of sp³-hybridized carbons (Fsp3) is 0.600. The van der Waals surface area contributed by atoms with Crippen molar-refractivity contribution in [3.05, 3.63) is 59.7 Å². The fourth-order valence-corrected chi connectivity index (χ4v) is 7.76. The molecule has 36 heavy (non-hydrogen) atoms. The summed E-state index contributed by atoms with van der Waals surface area (Å²) in [4.78, 5) is 2.94. The Morgan fingerprint density at radius 3 is 2.36 bits per heavy atom. The van der Waals surface area contributed by atoms with Crippen molar-refractivity contribution in [2.24, 2.45) is 11.8 Å². The van der Waals surface area contributed by atoms with Crippen LogP contribution in [0, 0.1) is 11.8 Å². The lowest BCUT2D eigenvalue weighted by atomic mass is 9.60. The molecule has 0 aromatic heterocycles. The third kappa shape index (κ3) is 5.51. The third-order valence-electron chi connectivity index (χ3n) is 8.89. The van der Waals surface area contributed by atoms with E-state index in [0.29, 0.717) is 17.4 Å². The van der Waals surface area contributed by atoms with E-state index >= 15 is 0 Å². The number of hydrogen-bond acceptors (Lipinski definition) is 5. The molecule has 196 valence electrons. The number of ether oxygens (including phenoxy) is 1. The Kier molecular flexibility index (Phi) is 8.04. The normalized spacial score (nSPS) is 24.4. The number of nitrogens with zero attached hydrogens (tertiary/aromatic N) is 1. The van der Waals surface area contributed by atoms with Crippen LogP contribution in [-0.4, -0.2) is 52.4 Å². The second-order valence-corrected chi connectivity index (χ2v) is 13.1. The molecule has 5 nitrogen and oxygen atoms in total. The van der Waals surface area contributed by atoms with Gasteiger partial charge in [0.2, 0.25) is 0 Å². The molecule has 6 heteroatoms. The summed E-state index contributed by atoms with van der Waals surface area (Å²) in [5, 5.41) is 4.15. The van der Waals surface area contributed by atoms with Gasteiger partial charge in [-0.1, -0.05) is 43.5 Å². The van der Waals surface area contributed by atoms with Gasteiger partial charge in [-0.25, -0.2) is 8.42 Å². The third-order valence-corrected chi connectivity index (χ3v) is 10.0. The van der Waals surface area contributed by atoms with Gasteiger partial charge in [-0.2, -0.15) is 0 Å². The average molecular weight is 511 g/mol. The standard InChI is InChI=1S/C30H42N2O3S/c1-36(33,34)28-14-12-27(13-15-28)35-23-7-20-32-21-17-26(18-22-32)30(25-9-3-2-4-10-25)29-11-6-5-8-24(29)16-19-31-30/h5-6,8,11-15,25-26,31H,2-4,7,9-10,16-23H2,1H3. The number of rotatable bonds is 8. The molecule has 0 spiro atoms. The van der Waals surface area contributed by atoms with Crippen LogP contribution in [0.25, 0.3) is 0 Å². The first-order chi connectivity index (χ1) is 17.5. The zero-order valence-corrected chi connectivity index (χ0v) is 22.6. The summed E-state index contributed by atoms with van der Waals surface area (Å²) in [6.45, 7) is 5.13. The molecule has 3 aliphatic rings. The summed E-state index contributed by atoms with van der Waals surface area (Å²) in [6.07, 6.45) is 12.8. The van der Waals surface area contributed by atoms with Crippen LogP contribution in [0.15, 0.2) is 53.4 Å². The van der Waals surface area contributed by atoms with Crippen LogP contribution < -0.4 is 10.1 Å². The van der Waals surface area contributed by atoms with Crippen LogP contribution in [-0.2, 0) is 21.8 Å². The van der Waals surface area contributed by atoms with Crippen LogP contribution in [0.4, 0.5) is 0 Å². The fourth-order valence-electron chi connectivity index (χ4n) is 7.13. The summed E-state index contributed by atoms with van der Waals surface area (Å²) in [5.74, 6) is 2.19. The molecule has 1 saturated carbocycles. The van der Waals surface area contributed by atoms with E-state index in [2.05, 4.69) is 34.5 Å². The zero-order chi connectivity index (χ0) is 25.0. The van der Waals surface area contributed by atoms with E-state index in [-0.39, 0.29) is 5.54 Å². The molecule has 0 bridgehead atoms. The minimum Gasteiger partial charge on any atom is -0.494 e. The summed E-state index contributed by atoms with van der Waals surface area (Å²) in [5.41, 5.74) is 3.34. The van der Waals surface area contributed by atoms with E-state index in [1.54, 1.807) is 35.4 Å². The van der Waals surface area contributed by atoms with Gasteiger partial charge in [0.15, 0.2) is 9.84 Å². The Labute approximate surface area is 217 Å². The van der Waals surface area contributed by atoms with E-state index in [1.807, 2.05) is 0 Å². The lowest BCUT2D eigenvalue weighted by Crippen LogP contribution is -2.59. The summed E-state index contributed by atoms with van der Waals surface area (Å²) >= 11 is 0. The molecular formula is C30H42N2O3S. The van der Waals surface area contributed by atoms with Gasteiger partial charge in [-0.15, -0.1) is 0 Å². The predicted octanol–water partition coefficient (Wildman–Crippen LogP) is 5.19. The molecule has 2 aromatic rings. The maximum Gasteiger partial charge on any atom is 0.175 e. The lowest BCUT2D eigenvalue weighted by molar-refractivity contribution is 0.0370. The molecule has 5 rings (SSSR count). The Hall–Kier alpha value is -1.89. The average Bonchev–Trinajstić information content (AvgIpc) is 2.91. The molecule has 2 fully saturated rings. The first kappa shape index (κ1) is 25.7. The number of sulfone groups is 1. The van der Waals surface area contributed by atoms with Gasteiger partial charge in [0.1, 0.15) is 5.75 Å². The number of hydrogen-bond donors (Lipinski definition) is 1. The smallest absolute Gasteiger partial charge is 0.175 e. The van der Waals surface area contributed by atoms with Crippen molar-refractivity contribution in [3.8, 4) is 5.75 Å². The SMILES string of the molecule is CS(=O)(=O)c1ccc(OCCCN2CCC(C3(C4CCCCC4)NCCc4ccccc43)CC2)cc1. The molecule has 1 aliphatic carbocycles. The van der Waals surface area contributed by atoms with Crippen LogP contribution in [0.2, 0.25) is 0 Å². The predicted molar refractivity (Wildman–Crippen MR) is 145 cm³/mol. The number of fused-ring (bicyclic) bond motifs is 1. The summed E-state index contributed by atoms with van der Waals surface area (Å²) < 4.78 is 29.1. The molecule has 2 aliphatic heterocycles. The van der Waals surface area contributed by atoms with Crippen molar-refractivity contribution in [2.45, 2.75) is 68.2 Å². The van der Waals surface area contributed by atoms with Gasteiger partial charge in [0.05, 0.1) is 11.5 Å². The highest BCUT2D eigenvalue weighted by Crippen LogP contribution is 2.49. The highest BCUT2D eigenvalue weighted by atomic mass is 32.2. The molecule has 1 N–H and O–H groups in total. The minimum atomic E-state index is -3.17. The van der Waals surface area contributed by atoms with E-state index in [0.717, 1.165) is 50.7 Å². The first-order valence-corrected chi connectivity index (χ1v) is 15.8. The number of benzene rings is 2. The molecule has 2 heterocycles. The van der Waals surface area contributed by atoms with Gasteiger partial charge in [0, 0.05) is 24.9 Å². The molecule has 0 radical (unpaired) electrons. The lowest BCUT2D eigenvalue weighted by Gasteiger charge is -2.54. The largest absolute Gasteiger partial charge is 0.494 e. The maximum atomic E-state index is 11.6. The van der Waals surface area contributed by atoms with E-state index in [4.69, 9.17) is 4.74 Å². The molecule has 1 saturated heterocycles. The Morgan fingerprint density at radius 1 is 0.944 bits per heavy atom. The summed E-state index contributed by atoms with van der Waals surface area (Å²) in [6, 6.07) is 16.0. The second-order valence-electron chi connectivity index (χ2n) is 11.1. The van der Waals surface area contributed by atoms with Crippen molar-refractivity contribution in [1.82, 2.24) is 10.2 Å². The first-order valence-electron chi connectivity index (χ1n) is 14.0. The van der Waals surface area contributed by atoms with E-state index in [1.165, 1.54) is 51.2 Å². The number of likely N-dealkylation sites (tertiary alicyclic amines) is 1. The van der Waals surface area contributed by atoms with Gasteiger partial charge in [0.25, 0.3) is 0 Å². The van der Waals surface area contributed by atoms with E-state index < -0.39 is 9.84 Å². The van der Waals surface area contributed by atoms with Gasteiger partial charge in [-0.3, -0.25) is 0 Å². The Bertz CT molecular complexity index is 1100. The second kappa shape index (κ2) is 11.2. The monoisotopic (exact) mass is 510 g/mol. The Morgan fingerprint density at radius 2 is 1.64 bits per heavy atom. The topological polar surface area (TPSA) is 58.6 Å². The molecule has 1 unspecified atom stereocenters. The highest BCUT2D eigenvalue weighted by molar-refractivity contribution is 7.90. The van der Waals surface area contributed by atoms with Crippen LogP contribution in [0.3, 0.4) is 0 Å².